The van der Waals surface area contributed by atoms with Gasteiger partial charge >= 0.3 is 0 Å². The fourth-order valence-electron chi connectivity index (χ4n) is 11.1. The second-order valence-corrected chi connectivity index (χ2v) is 31.2. The Kier molecular flexibility index (Phi) is 20.8. The molecule has 0 bridgehead atoms. The van der Waals surface area contributed by atoms with Crippen LogP contribution in [-0.4, -0.2) is 83.6 Å². The average Bonchev–Trinajstić information content (AvgIpc) is 3.65. The Hall–Kier alpha value is -0.316. The number of aliphatic hydroxyl groups is 1. The minimum absolute atomic E-state index is 0.0416. The molecule has 3 rings (SSSR count). The maximum atomic E-state index is 12.4. The molecule has 1 saturated carbocycles. The highest BCUT2D eigenvalue weighted by atomic mass is 127. The lowest BCUT2D eigenvalue weighted by molar-refractivity contribution is -0.0496. The van der Waals surface area contributed by atoms with E-state index in [9.17, 15) is 5.11 Å². The van der Waals surface area contributed by atoms with Gasteiger partial charge in [0.25, 0.3) is 0 Å². The van der Waals surface area contributed by atoms with Crippen LogP contribution in [0.25, 0.3) is 0 Å². The standard InChI is InChI=1S/C47H85IO7Si2/c1-30(2)56(31(3)4,32(5)6)54-43-22-19-39(24-46(43)51-16)23-36(13)47(49)37(14)44(55-57(33(7)8,34(9)10)35(11)12)26-45(40-25-42(27-48)52-29-40)53-28-38-17-20-41(50-15)21-18-38/h17-18,20-21,23,30-35,37,39-40,42-47,49H,19,22,24-29H2,1-16H3/b36-23+/t37-,39+,40-,42+,43-,44+,45+,46-,47-/m1/s1. The van der Waals surface area contributed by atoms with Crippen molar-refractivity contribution in [1.29, 1.82) is 0 Å². The first-order chi connectivity index (χ1) is 26.8. The summed E-state index contributed by atoms with van der Waals surface area (Å²) in [7, 11) is -0.827. The number of allylic oxidation sites excluding steroid dienone is 1. The van der Waals surface area contributed by atoms with Gasteiger partial charge in [0.1, 0.15) is 5.75 Å². The molecule has 1 aliphatic heterocycles. The van der Waals surface area contributed by atoms with Gasteiger partial charge in [-0.15, -0.1) is 0 Å². The molecular formula is C47H85IO7Si2. The van der Waals surface area contributed by atoms with Crippen LogP contribution >= 0.6 is 22.6 Å². The Morgan fingerprint density at radius 2 is 1.37 bits per heavy atom. The summed E-state index contributed by atoms with van der Waals surface area (Å²) >= 11 is 2.44. The predicted octanol–water partition coefficient (Wildman–Crippen LogP) is 12.7. The summed E-state index contributed by atoms with van der Waals surface area (Å²) in [4.78, 5) is 0. The maximum absolute atomic E-state index is 12.4. The quantitative estimate of drug-likeness (QED) is 0.0507. The van der Waals surface area contributed by atoms with Gasteiger partial charge < -0.3 is 32.9 Å². The molecule has 330 valence electrons. The van der Waals surface area contributed by atoms with Gasteiger partial charge in [0.15, 0.2) is 0 Å². The van der Waals surface area contributed by atoms with E-state index in [2.05, 4.69) is 138 Å². The van der Waals surface area contributed by atoms with Gasteiger partial charge in [-0.05, 0) is 101 Å². The molecule has 0 amide bonds. The fourth-order valence-corrected chi connectivity index (χ4v) is 23.0. The van der Waals surface area contributed by atoms with E-state index in [0.717, 1.165) is 47.0 Å². The molecular weight excluding hydrogens is 860 g/mol. The van der Waals surface area contributed by atoms with Crippen molar-refractivity contribution in [3.8, 4) is 5.75 Å². The summed E-state index contributed by atoms with van der Waals surface area (Å²) in [5.41, 5.74) is 5.01. The number of hydrogen-bond acceptors (Lipinski definition) is 7. The van der Waals surface area contributed by atoms with Crippen molar-refractivity contribution in [3.63, 3.8) is 0 Å². The SMILES string of the molecule is COc1ccc(CO[C@@H](C[C@H](O[Si](C(C)C)(C(C)C)C(C)C)[C@@H](C)[C@H](O)/C(C)=C/[C@@H]2CC[C@@H](O[Si](C(C)C)(C(C)C)C(C)C)[C@H](OC)C2)[C@H]2CO[C@H](CI)C2)cc1. The minimum atomic E-state index is -2.33. The predicted molar refractivity (Wildman–Crippen MR) is 252 cm³/mol. The van der Waals surface area contributed by atoms with Crippen molar-refractivity contribution in [2.45, 2.75) is 206 Å². The van der Waals surface area contributed by atoms with Crippen molar-refractivity contribution >= 4 is 39.2 Å². The number of benzene rings is 1. The summed E-state index contributed by atoms with van der Waals surface area (Å²) < 4.78 is 40.8. The zero-order valence-electron chi connectivity index (χ0n) is 39.0. The van der Waals surface area contributed by atoms with Crippen LogP contribution in [0.15, 0.2) is 35.9 Å². The number of aliphatic hydroxyl groups excluding tert-OH is 1. The molecule has 2 fully saturated rings. The van der Waals surface area contributed by atoms with Gasteiger partial charge in [-0.2, -0.15) is 0 Å². The highest BCUT2D eigenvalue weighted by Crippen LogP contribution is 2.47. The third-order valence-electron chi connectivity index (χ3n) is 14.1. The van der Waals surface area contributed by atoms with Crippen LogP contribution in [0.2, 0.25) is 33.2 Å². The van der Waals surface area contributed by atoms with Crippen LogP contribution in [0.3, 0.4) is 0 Å². The molecule has 1 saturated heterocycles. The van der Waals surface area contributed by atoms with E-state index in [1.807, 2.05) is 19.2 Å². The monoisotopic (exact) mass is 944 g/mol. The Morgan fingerprint density at radius 1 is 0.807 bits per heavy atom. The largest absolute Gasteiger partial charge is 0.497 e. The molecule has 7 nitrogen and oxygen atoms in total. The van der Waals surface area contributed by atoms with Crippen LogP contribution in [0.5, 0.6) is 5.75 Å². The summed E-state index contributed by atoms with van der Waals surface area (Å²) in [6.07, 6.45) is 6.45. The molecule has 1 aliphatic carbocycles. The Morgan fingerprint density at radius 3 is 1.84 bits per heavy atom. The van der Waals surface area contributed by atoms with E-state index in [1.165, 1.54) is 0 Å². The number of methoxy groups -OCH3 is 2. The van der Waals surface area contributed by atoms with Crippen molar-refractivity contribution in [1.82, 2.24) is 0 Å². The van der Waals surface area contributed by atoms with Crippen molar-refractivity contribution in [3.05, 3.63) is 41.5 Å². The molecule has 0 aromatic heterocycles. The van der Waals surface area contributed by atoms with Crippen molar-refractivity contribution in [2.75, 3.05) is 25.3 Å². The van der Waals surface area contributed by atoms with Gasteiger partial charge in [-0.1, -0.05) is 131 Å². The third kappa shape index (κ3) is 12.6. The average molecular weight is 945 g/mol. The first-order valence-electron chi connectivity index (χ1n) is 22.4. The highest BCUT2D eigenvalue weighted by Gasteiger charge is 2.50. The molecule has 0 spiro atoms. The van der Waals surface area contributed by atoms with Crippen molar-refractivity contribution < 1.29 is 32.9 Å². The van der Waals surface area contributed by atoms with Gasteiger partial charge in [-0.3, -0.25) is 0 Å². The van der Waals surface area contributed by atoms with E-state index in [0.29, 0.717) is 58.8 Å². The fraction of sp³-hybridized carbons (Fsp3) is 0.830. The Labute approximate surface area is 365 Å². The molecule has 0 radical (unpaired) electrons. The maximum Gasteiger partial charge on any atom is 0.200 e. The zero-order valence-corrected chi connectivity index (χ0v) is 43.1. The van der Waals surface area contributed by atoms with Gasteiger partial charge in [0, 0.05) is 23.4 Å². The molecule has 1 aromatic carbocycles. The number of hydrogen-bond donors (Lipinski definition) is 1. The van der Waals surface area contributed by atoms with Crippen LogP contribution < -0.4 is 4.74 Å². The van der Waals surface area contributed by atoms with Gasteiger partial charge in [0.2, 0.25) is 16.6 Å². The van der Waals surface area contributed by atoms with Gasteiger partial charge in [-0.25, -0.2) is 0 Å². The molecule has 57 heavy (non-hydrogen) atoms. The summed E-state index contributed by atoms with van der Waals surface area (Å²) in [5, 5.41) is 12.4. The van der Waals surface area contributed by atoms with Crippen LogP contribution in [0, 0.1) is 17.8 Å². The lowest BCUT2D eigenvalue weighted by Crippen LogP contribution is -2.53. The normalized spacial score (nSPS) is 25.0. The number of halogens is 1. The van der Waals surface area contributed by atoms with E-state index in [4.69, 9.17) is 27.8 Å². The van der Waals surface area contributed by atoms with Crippen LogP contribution in [-0.2, 0) is 29.7 Å². The van der Waals surface area contributed by atoms with E-state index in [1.54, 1.807) is 7.11 Å². The Balaban J connectivity index is 1.94. The van der Waals surface area contributed by atoms with Crippen LogP contribution in [0.1, 0.15) is 135 Å². The topological polar surface area (TPSA) is 75.6 Å². The molecule has 1 aromatic rings. The van der Waals surface area contributed by atoms with Crippen molar-refractivity contribution in [2.24, 2.45) is 17.8 Å². The van der Waals surface area contributed by atoms with E-state index >= 15 is 0 Å². The molecule has 9 atom stereocenters. The zero-order chi connectivity index (χ0) is 42.8. The lowest BCUT2D eigenvalue weighted by Gasteiger charge is -2.47. The molecule has 1 N–H and O–H groups in total. The van der Waals surface area contributed by atoms with Gasteiger partial charge in [0.05, 0.1) is 56.9 Å². The molecule has 0 unspecified atom stereocenters. The highest BCUT2D eigenvalue weighted by molar-refractivity contribution is 14.1. The molecule has 2 aliphatic rings. The van der Waals surface area contributed by atoms with Crippen LogP contribution in [0.4, 0.5) is 0 Å². The molecule has 1 heterocycles. The first-order valence-corrected chi connectivity index (χ1v) is 28.3. The van der Waals surface area contributed by atoms with E-state index in [-0.39, 0.29) is 42.4 Å². The Bertz CT molecular complexity index is 1290. The second-order valence-electron chi connectivity index (χ2n) is 19.5. The molecule has 10 heteroatoms. The van der Waals surface area contributed by atoms with E-state index < -0.39 is 22.7 Å². The number of rotatable bonds is 23. The number of ether oxygens (including phenoxy) is 4. The third-order valence-corrected chi connectivity index (χ3v) is 27.4. The summed E-state index contributed by atoms with van der Waals surface area (Å²) in [5.74, 6) is 1.29. The second kappa shape index (κ2) is 23.2. The number of alkyl halides is 1. The smallest absolute Gasteiger partial charge is 0.200 e. The lowest BCUT2D eigenvalue weighted by atomic mass is 9.82. The summed E-state index contributed by atoms with van der Waals surface area (Å²) in [6, 6.07) is 8.17. The first kappa shape index (κ1) is 51.0. The minimum Gasteiger partial charge on any atom is -0.497 e. The summed E-state index contributed by atoms with van der Waals surface area (Å²) in [6.45, 7) is 33.8.